The Morgan fingerprint density at radius 1 is 1.21 bits per heavy atom. The molecule has 0 spiro atoms. The number of carbonyl (C=O) groups excluding carboxylic acids is 2. The number of esters is 1. The lowest BCUT2D eigenvalue weighted by Crippen LogP contribution is -2.31. The van der Waals surface area contributed by atoms with Crippen LogP contribution in [-0.2, 0) is 9.53 Å². The summed E-state index contributed by atoms with van der Waals surface area (Å²) in [5, 5.41) is 2.72. The second kappa shape index (κ2) is 9.12. The number of nitrogens with one attached hydrogen (secondary N) is 1. The molecule has 1 amide bonds. The smallest absolute Gasteiger partial charge is 0.374 e. The number of amides is 1. The highest BCUT2D eigenvalue weighted by Gasteiger charge is 2.13. The molecule has 2 aromatic rings. The Balaban J connectivity index is 1.60. The molecule has 2 rings (SSSR count). The fourth-order valence-electron chi connectivity index (χ4n) is 2.03. The molecule has 0 atom stereocenters. The Morgan fingerprint density at radius 2 is 1.96 bits per heavy atom. The van der Waals surface area contributed by atoms with Crippen molar-refractivity contribution in [1.82, 2.24) is 5.32 Å². The summed E-state index contributed by atoms with van der Waals surface area (Å²) >= 11 is 3.09. The van der Waals surface area contributed by atoms with Crippen molar-refractivity contribution in [3.8, 4) is 0 Å². The van der Waals surface area contributed by atoms with Crippen molar-refractivity contribution in [2.24, 2.45) is 0 Å². The maximum atomic E-state index is 11.7. The van der Waals surface area contributed by atoms with Crippen molar-refractivity contribution in [3.05, 3.63) is 52.9 Å². The van der Waals surface area contributed by atoms with Gasteiger partial charge in [-0.2, -0.15) is 0 Å². The monoisotopic (exact) mass is 394 g/mol. The van der Waals surface area contributed by atoms with E-state index < -0.39 is 5.97 Å². The van der Waals surface area contributed by atoms with Gasteiger partial charge >= 0.3 is 5.97 Å². The van der Waals surface area contributed by atoms with E-state index in [1.807, 2.05) is 37.4 Å². The Labute approximate surface area is 148 Å². The van der Waals surface area contributed by atoms with Crippen molar-refractivity contribution < 1.29 is 18.7 Å². The third kappa shape index (κ3) is 5.73. The first-order valence-electron chi connectivity index (χ1n) is 7.51. The van der Waals surface area contributed by atoms with Crippen LogP contribution in [0.3, 0.4) is 0 Å². The van der Waals surface area contributed by atoms with E-state index in [-0.39, 0.29) is 18.3 Å². The number of carbonyl (C=O) groups is 2. The molecule has 0 radical (unpaired) electrons. The minimum absolute atomic E-state index is 0.0548. The molecule has 0 saturated heterocycles. The van der Waals surface area contributed by atoms with Crippen molar-refractivity contribution in [1.29, 1.82) is 0 Å². The maximum Gasteiger partial charge on any atom is 0.374 e. The molecule has 24 heavy (non-hydrogen) atoms. The zero-order chi connectivity index (χ0) is 17.4. The molecule has 6 nitrogen and oxygen atoms in total. The third-order valence-corrected chi connectivity index (χ3v) is 3.72. The fraction of sp³-hybridized carbons (Fsp3) is 0.294. The van der Waals surface area contributed by atoms with Crippen LogP contribution in [0.2, 0.25) is 0 Å². The van der Waals surface area contributed by atoms with Gasteiger partial charge in [-0.3, -0.25) is 4.79 Å². The molecule has 0 fully saturated rings. The van der Waals surface area contributed by atoms with Crippen molar-refractivity contribution in [2.45, 2.75) is 6.42 Å². The summed E-state index contributed by atoms with van der Waals surface area (Å²) in [6.07, 6.45) is 0.788. The number of benzene rings is 1. The summed E-state index contributed by atoms with van der Waals surface area (Å²) in [6, 6.07) is 13.1. The fourth-order valence-corrected chi connectivity index (χ4v) is 2.34. The predicted molar refractivity (Wildman–Crippen MR) is 94.0 cm³/mol. The van der Waals surface area contributed by atoms with Crippen LogP contribution < -0.4 is 10.2 Å². The number of halogens is 1. The molecule has 0 aliphatic rings. The second-order valence-electron chi connectivity index (χ2n) is 5.14. The molecule has 0 saturated carbocycles. The van der Waals surface area contributed by atoms with Crippen molar-refractivity contribution >= 4 is 33.5 Å². The van der Waals surface area contributed by atoms with Gasteiger partial charge in [0.15, 0.2) is 11.3 Å². The first-order valence-corrected chi connectivity index (χ1v) is 8.31. The van der Waals surface area contributed by atoms with Gasteiger partial charge in [-0.1, -0.05) is 18.2 Å². The van der Waals surface area contributed by atoms with Crippen LogP contribution in [0.4, 0.5) is 5.69 Å². The van der Waals surface area contributed by atoms with Crippen LogP contribution in [0.1, 0.15) is 17.0 Å². The van der Waals surface area contributed by atoms with E-state index in [4.69, 9.17) is 9.15 Å². The van der Waals surface area contributed by atoms with Gasteiger partial charge in [-0.15, -0.1) is 0 Å². The number of furan rings is 1. The van der Waals surface area contributed by atoms with E-state index >= 15 is 0 Å². The Bertz CT molecular complexity index is 672. The molecule has 128 valence electrons. The molecule has 0 unspecified atom stereocenters. The largest absolute Gasteiger partial charge is 0.450 e. The number of rotatable bonds is 8. The Hall–Kier alpha value is -2.28. The highest BCUT2D eigenvalue weighted by atomic mass is 79.9. The molecule has 1 N–H and O–H groups in total. The molecule has 1 aromatic heterocycles. The van der Waals surface area contributed by atoms with Gasteiger partial charge in [-0.25, -0.2) is 4.79 Å². The number of nitrogens with zero attached hydrogens (tertiary/aromatic N) is 1. The van der Waals surface area contributed by atoms with Crippen LogP contribution in [0, 0.1) is 0 Å². The van der Waals surface area contributed by atoms with Crippen molar-refractivity contribution in [2.75, 3.05) is 31.6 Å². The van der Waals surface area contributed by atoms with Gasteiger partial charge < -0.3 is 19.4 Å². The van der Waals surface area contributed by atoms with Crippen LogP contribution in [-0.4, -0.2) is 38.6 Å². The first-order chi connectivity index (χ1) is 11.6. The molecule has 0 bridgehead atoms. The van der Waals surface area contributed by atoms with Gasteiger partial charge in [0.1, 0.15) is 0 Å². The minimum Gasteiger partial charge on any atom is -0.450 e. The van der Waals surface area contributed by atoms with E-state index in [0.717, 1.165) is 18.7 Å². The van der Waals surface area contributed by atoms with Crippen LogP contribution in [0.15, 0.2) is 51.6 Å². The van der Waals surface area contributed by atoms with Crippen LogP contribution >= 0.6 is 15.9 Å². The standard InChI is InChI=1S/C17H19BrN2O4/c1-20(13-6-3-2-4-7-13)11-5-10-19-16(21)12-23-17(22)14-8-9-15(18)24-14/h2-4,6-9H,5,10-12H2,1H3,(H,19,21). The number of anilines is 1. The summed E-state index contributed by atoms with van der Waals surface area (Å²) in [5.41, 5.74) is 1.13. The van der Waals surface area contributed by atoms with E-state index in [2.05, 4.69) is 26.1 Å². The second-order valence-corrected chi connectivity index (χ2v) is 5.92. The quantitative estimate of drug-likeness (QED) is 0.550. The average molecular weight is 395 g/mol. The van der Waals surface area contributed by atoms with Gasteiger partial charge in [-0.05, 0) is 46.6 Å². The topological polar surface area (TPSA) is 71.8 Å². The Morgan fingerprint density at radius 3 is 2.62 bits per heavy atom. The molecule has 0 aliphatic carbocycles. The SMILES string of the molecule is CN(CCCNC(=O)COC(=O)c1ccc(Br)o1)c1ccccc1. The number of ether oxygens (including phenoxy) is 1. The number of para-hydroxylation sites is 1. The number of hydrogen-bond donors (Lipinski definition) is 1. The van der Waals surface area contributed by atoms with E-state index in [0.29, 0.717) is 11.2 Å². The van der Waals surface area contributed by atoms with Crippen LogP contribution in [0.25, 0.3) is 0 Å². The van der Waals surface area contributed by atoms with Gasteiger partial charge in [0.2, 0.25) is 5.76 Å². The zero-order valence-corrected chi connectivity index (χ0v) is 14.9. The summed E-state index contributed by atoms with van der Waals surface area (Å²) < 4.78 is 10.4. The molecule has 1 heterocycles. The maximum absolute atomic E-state index is 11.7. The summed E-state index contributed by atoms with van der Waals surface area (Å²) in [7, 11) is 2.00. The summed E-state index contributed by atoms with van der Waals surface area (Å²) in [5.74, 6) is -0.949. The summed E-state index contributed by atoms with van der Waals surface area (Å²) in [4.78, 5) is 25.4. The van der Waals surface area contributed by atoms with Crippen molar-refractivity contribution in [3.63, 3.8) is 0 Å². The summed E-state index contributed by atoms with van der Waals surface area (Å²) in [6.45, 7) is 0.996. The van der Waals surface area contributed by atoms with Gasteiger partial charge in [0.05, 0.1) is 0 Å². The zero-order valence-electron chi connectivity index (χ0n) is 13.3. The van der Waals surface area contributed by atoms with Gasteiger partial charge in [0, 0.05) is 25.8 Å². The highest BCUT2D eigenvalue weighted by molar-refractivity contribution is 9.10. The molecule has 1 aromatic carbocycles. The van der Waals surface area contributed by atoms with Crippen LogP contribution in [0.5, 0.6) is 0 Å². The molecular formula is C17H19BrN2O4. The molecule has 7 heteroatoms. The number of hydrogen-bond acceptors (Lipinski definition) is 5. The van der Waals surface area contributed by atoms with Gasteiger partial charge in [0.25, 0.3) is 5.91 Å². The Kier molecular flexibility index (Phi) is 6.87. The van der Waals surface area contributed by atoms with E-state index in [1.165, 1.54) is 6.07 Å². The lowest BCUT2D eigenvalue weighted by atomic mass is 10.3. The average Bonchev–Trinajstić information content (AvgIpc) is 3.03. The normalized spacial score (nSPS) is 10.2. The third-order valence-electron chi connectivity index (χ3n) is 3.30. The predicted octanol–water partition coefficient (Wildman–Crippen LogP) is 2.84. The minimum atomic E-state index is -0.667. The lowest BCUT2D eigenvalue weighted by molar-refractivity contribution is -0.124. The molecular weight excluding hydrogens is 376 g/mol. The van der Waals surface area contributed by atoms with E-state index in [9.17, 15) is 9.59 Å². The highest BCUT2D eigenvalue weighted by Crippen LogP contribution is 2.14. The van der Waals surface area contributed by atoms with E-state index in [1.54, 1.807) is 6.07 Å². The molecule has 0 aliphatic heterocycles. The lowest BCUT2D eigenvalue weighted by Gasteiger charge is -2.19. The first kappa shape index (κ1) is 18.1.